The van der Waals surface area contributed by atoms with E-state index in [2.05, 4.69) is 25.2 Å². The highest BCUT2D eigenvalue weighted by molar-refractivity contribution is 5.83. The molecular formula is C18H25NO3. The second-order valence-corrected chi connectivity index (χ2v) is 6.67. The van der Waals surface area contributed by atoms with E-state index in [-0.39, 0.29) is 18.1 Å². The summed E-state index contributed by atoms with van der Waals surface area (Å²) in [6.45, 7) is 4.50. The summed E-state index contributed by atoms with van der Waals surface area (Å²) >= 11 is 0. The molecule has 0 spiro atoms. The third-order valence-corrected chi connectivity index (χ3v) is 5.07. The number of benzene rings is 1. The number of rotatable bonds is 5. The molecule has 1 aromatic carbocycles. The van der Waals surface area contributed by atoms with Gasteiger partial charge in [0.1, 0.15) is 5.76 Å². The number of aliphatic hydroxyl groups excluding tert-OH is 1. The van der Waals surface area contributed by atoms with Crippen LogP contribution in [0.1, 0.15) is 44.9 Å². The van der Waals surface area contributed by atoms with E-state index in [0.29, 0.717) is 6.04 Å². The highest BCUT2D eigenvalue weighted by Gasteiger charge is 2.39. The average Bonchev–Trinajstić information content (AvgIpc) is 3.11. The molecule has 0 radical (unpaired) electrons. The van der Waals surface area contributed by atoms with Crippen LogP contribution in [0.2, 0.25) is 0 Å². The molecule has 0 aliphatic heterocycles. The second kappa shape index (κ2) is 5.94. The lowest BCUT2D eigenvalue weighted by atomic mass is 9.85. The molecule has 22 heavy (non-hydrogen) atoms. The summed E-state index contributed by atoms with van der Waals surface area (Å²) in [5.41, 5.74) is 0.766. The van der Waals surface area contributed by atoms with Crippen molar-refractivity contribution in [1.82, 2.24) is 5.32 Å². The predicted molar refractivity (Wildman–Crippen MR) is 87.1 cm³/mol. The van der Waals surface area contributed by atoms with Gasteiger partial charge in [0.05, 0.1) is 13.2 Å². The van der Waals surface area contributed by atoms with Gasteiger partial charge in [-0.05, 0) is 31.9 Å². The normalized spacial score (nSPS) is 26.5. The molecule has 1 aliphatic carbocycles. The first kappa shape index (κ1) is 15.4. The van der Waals surface area contributed by atoms with Crippen LogP contribution in [0.15, 0.2) is 28.7 Å². The van der Waals surface area contributed by atoms with E-state index in [0.717, 1.165) is 41.7 Å². The van der Waals surface area contributed by atoms with Gasteiger partial charge in [0.2, 0.25) is 0 Å². The van der Waals surface area contributed by atoms with E-state index in [4.69, 9.17) is 9.15 Å². The third kappa shape index (κ3) is 2.61. The minimum atomic E-state index is -0.0298. The molecule has 3 unspecified atom stereocenters. The van der Waals surface area contributed by atoms with Crippen molar-refractivity contribution in [3.8, 4) is 5.75 Å². The van der Waals surface area contributed by atoms with Crippen LogP contribution in [-0.4, -0.2) is 24.9 Å². The van der Waals surface area contributed by atoms with Crippen LogP contribution in [-0.2, 0) is 0 Å². The van der Waals surface area contributed by atoms with E-state index in [1.54, 1.807) is 7.11 Å². The summed E-state index contributed by atoms with van der Waals surface area (Å²) in [4.78, 5) is 0. The van der Waals surface area contributed by atoms with Gasteiger partial charge in [0.15, 0.2) is 11.3 Å². The van der Waals surface area contributed by atoms with E-state index in [9.17, 15) is 5.11 Å². The standard InChI is InChI=1S/C18H25NO3/c1-12(19-16-8-5-9-18(16,2)11-20)15-10-13-6-4-7-14(21-3)17(13)22-15/h4,6-7,10,12,16,19-20H,5,8-9,11H2,1-3H3. The van der Waals surface area contributed by atoms with Crippen LogP contribution in [0.4, 0.5) is 0 Å². The first-order valence-electron chi connectivity index (χ1n) is 8.01. The zero-order valence-electron chi connectivity index (χ0n) is 13.6. The quantitative estimate of drug-likeness (QED) is 0.885. The molecular weight excluding hydrogens is 278 g/mol. The van der Waals surface area contributed by atoms with Crippen molar-refractivity contribution in [2.45, 2.75) is 45.2 Å². The SMILES string of the molecule is COc1cccc2cc(C(C)NC3CCCC3(C)CO)oc12. The van der Waals surface area contributed by atoms with Crippen molar-refractivity contribution in [3.05, 3.63) is 30.0 Å². The summed E-state index contributed by atoms with van der Waals surface area (Å²) in [5.74, 6) is 1.67. The van der Waals surface area contributed by atoms with E-state index >= 15 is 0 Å². The lowest BCUT2D eigenvalue weighted by Gasteiger charge is -2.32. The van der Waals surface area contributed by atoms with Crippen LogP contribution in [0.5, 0.6) is 5.75 Å². The average molecular weight is 303 g/mol. The van der Waals surface area contributed by atoms with Gasteiger partial charge in [0, 0.05) is 23.4 Å². The van der Waals surface area contributed by atoms with Crippen LogP contribution >= 0.6 is 0 Å². The molecule has 4 heteroatoms. The first-order valence-corrected chi connectivity index (χ1v) is 8.01. The number of hydrogen-bond acceptors (Lipinski definition) is 4. The summed E-state index contributed by atoms with van der Waals surface area (Å²) in [7, 11) is 1.66. The van der Waals surface area contributed by atoms with Crippen LogP contribution in [0.3, 0.4) is 0 Å². The Balaban J connectivity index is 1.82. The van der Waals surface area contributed by atoms with E-state index < -0.39 is 0 Å². The third-order valence-electron chi connectivity index (χ3n) is 5.07. The maximum absolute atomic E-state index is 9.68. The summed E-state index contributed by atoms with van der Waals surface area (Å²) in [6.07, 6.45) is 3.34. The van der Waals surface area contributed by atoms with Gasteiger partial charge in [-0.2, -0.15) is 0 Å². The Hall–Kier alpha value is -1.52. The zero-order valence-corrected chi connectivity index (χ0v) is 13.6. The topological polar surface area (TPSA) is 54.6 Å². The van der Waals surface area contributed by atoms with Gasteiger partial charge in [0.25, 0.3) is 0 Å². The van der Waals surface area contributed by atoms with E-state index in [1.165, 1.54) is 0 Å². The van der Waals surface area contributed by atoms with Crippen molar-refractivity contribution < 1.29 is 14.3 Å². The highest BCUT2D eigenvalue weighted by Crippen LogP contribution is 2.39. The number of hydrogen-bond donors (Lipinski definition) is 2. The summed E-state index contributed by atoms with van der Waals surface area (Å²) in [6, 6.07) is 8.41. The number of aliphatic hydroxyl groups is 1. The molecule has 3 rings (SSSR count). The smallest absolute Gasteiger partial charge is 0.176 e. The number of nitrogens with one attached hydrogen (secondary N) is 1. The van der Waals surface area contributed by atoms with Gasteiger partial charge in [-0.25, -0.2) is 0 Å². The van der Waals surface area contributed by atoms with Crippen LogP contribution in [0.25, 0.3) is 11.0 Å². The molecule has 1 heterocycles. The van der Waals surface area contributed by atoms with Gasteiger partial charge >= 0.3 is 0 Å². The molecule has 1 aliphatic rings. The minimum absolute atomic E-state index is 0.0298. The fraction of sp³-hybridized carbons (Fsp3) is 0.556. The highest BCUT2D eigenvalue weighted by atomic mass is 16.5. The Bertz CT molecular complexity index is 651. The molecule has 1 aromatic heterocycles. The molecule has 120 valence electrons. The van der Waals surface area contributed by atoms with Gasteiger partial charge < -0.3 is 19.6 Å². The van der Waals surface area contributed by atoms with Gasteiger partial charge in [-0.3, -0.25) is 0 Å². The largest absolute Gasteiger partial charge is 0.493 e. The van der Waals surface area contributed by atoms with Crippen molar-refractivity contribution >= 4 is 11.0 Å². The number of fused-ring (bicyclic) bond motifs is 1. The Morgan fingerprint density at radius 3 is 3.05 bits per heavy atom. The monoisotopic (exact) mass is 303 g/mol. The Morgan fingerprint density at radius 1 is 1.50 bits per heavy atom. The Labute approximate surface area is 131 Å². The predicted octanol–water partition coefficient (Wildman–Crippen LogP) is 3.64. The molecule has 0 amide bonds. The van der Waals surface area contributed by atoms with Gasteiger partial charge in [-0.1, -0.05) is 25.5 Å². The van der Waals surface area contributed by atoms with Gasteiger partial charge in [-0.15, -0.1) is 0 Å². The van der Waals surface area contributed by atoms with Crippen molar-refractivity contribution in [1.29, 1.82) is 0 Å². The van der Waals surface area contributed by atoms with Crippen molar-refractivity contribution in [2.75, 3.05) is 13.7 Å². The lowest BCUT2D eigenvalue weighted by molar-refractivity contribution is 0.113. The summed E-state index contributed by atoms with van der Waals surface area (Å²) < 4.78 is 11.4. The molecule has 3 atom stereocenters. The molecule has 1 saturated carbocycles. The lowest BCUT2D eigenvalue weighted by Crippen LogP contribution is -2.42. The molecule has 2 N–H and O–H groups in total. The minimum Gasteiger partial charge on any atom is -0.493 e. The Kier molecular flexibility index (Phi) is 4.15. The molecule has 0 bridgehead atoms. The van der Waals surface area contributed by atoms with Crippen molar-refractivity contribution in [2.24, 2.45) is 5.41 Å². The Morgan fingerprint density at radius 2 is 2.32 bits per heavy atom. The number of para-hydroxylation sites is 1. The zero-order chi connectivity index (χ0) is 15.7. The second-order valence-electron chi connectivity index (χ2n) is 6.67. The van der Waals surface area contributed by atoms with Crippen molar-refractivity contribution in [3.63, 3.8) is 0 Å². The fourth-order valence-corrected chi connectivity index (χ4v) is 3.52. The maximum Gasteiger partial charge on any atom is 0.176 e. The van der Waals surface area contributed by atoms with E-state index in [1.807, 2.05) is 18.2 Å². The summed E-state index contributed by atoms with van der Waals surface area (Å²) in [5, 5.41) is 14.4. The maximum atomic E-state index is 9.68. The first-order chi connectivity index (χ1) is 10.6. The fourth-order valence-electron chi connectivity index (χ4n) is 3.52. The molecule has 4 nitrogen and oxygen atoms in total. The van der Waals surface area contributed by atoms with Crippen LogP contribution < -0.4 is 10.1 Å². The number of ether oxygens (including phenoxy) is 1. The number of methoxy groups -OCH3 is 1. The molecule has 1 fully saturated rings. The molecule has 2 aromatic rings. The molecule has 0 saturated heterocycles. The van der Waals surface area contributed by atoms with Crippen LogP contribution in [0, 0.1) is 5.41 Å². The number of furan rings is 1.